The molecule has 3 rings (SSSR count). The summed E-state index contributed by atoms with van der Waals surface area (Å²) in [4.78, 5) is 4.44. The lowest BCUT2D eigenvalue weighted by Gasteiger charge is -2.27. The van der Waals surface area contributed by atoms with Gasteiger partial charge in [0.1, 0.15) is 0 Å². The first-order chi connectivity index (χ1) is 9.70. The monoisotopic (exact) mass is 283 g/mol. The maximum atomic E-state index is 6.15. The van der Waals surface area contributed by atoms with Crippen molar-refractivity contribution in [1.29, 1.82) is 0 Å². The summed E-state index contributed by atoms with van der Waals surface area (Å²) in [5.41, 5.74) is 6.42. The molecule has 0 heterocycles. The molecule has 1 atom stereocenters. The van der Waals surface area contributed by atoms with Crippen LogP contribution >= 0.6 is 11.6 Å². The van der Waals surface area contributed by atoms with E-state index in [1.807, 2.05) is 13.1 Å². The van der Waals surface area contributed by atoms with E-state index in [4.69, 9.17) is 11.6 Å². The lowest BCUT2D eigenvalue weighted by molar-refractivity contribution is 0.721. The van der Waals surface area contributed by atoms with Gasteiger partial charge in [-0.05, 0) is 48.1 Å². The second-order valence-corrected chi connectivity index (χ2v) is 5.76. The molecule has 0 amide bonds. The SMILES string of the molecule is C/N=C1\CC[C@@H](c2ccc(Cl)c(C)c2)c2ccccc21. The van der Waals surface area contributed by atoms with Crippen molar-refractivity contribution in [2.45, 2.75) is 25.7 Å². The maximum Gasteiger partial charge on any atom is 0.0435 e. The normalized spacial score (nSPS) is 19.9. The quantitative estimate of drug-likeness (QED) is 0.699. The van der Waals surface area contributed by atoms with Gasteiger partial charge in [0, 0.05) is 23.7 Å². The van der Waals surface area contributed by atoms with Crippen molar-refractivity contribution in [3.05, 3.63) is 69.7 Å². The van der Waals surface area contributed by atoms with Crippen LogP contribution in [0.1, 0.15) is 41.0 Å². The number of nitrogens with zero attached hydrogens (tertiary/aromatic N) is 1. The number of aliphatic imine (C=N–C) groups is 1. The predicted molar refractivity (Wildman–Crippen MR) is 86.2 cm³/mol. The Morgan fingerprint density at radius 1 is 1.15 bits per heavy atom. The Bertz CT molecular complexity index is 673. The highest BCUT2D eigenvalue weighted by atomic mass is 35.5. The van der Waals surface area contributed by atoms with Gasteiger partial charge < -0.3 is 0 Å². The summed E-state index contributed by atoms with van der Waals surface area (Å²) in [5, 5.41) is 0.841. The highest BCUT2D eigenvalue weighted by Crippen LogP contribution is 2.37. The fourth-order valence-electron chi connectivity index (χ4n) is 3.10. The molecule has 0 radical (unpaired) electrons. The Kier molecular flexibility index (Phi) is 3.62. The number of hydrogen-bond donors (Lipinski definition) is 0. The third-order valence-electron chi connectivity index (χ3n) is 4.17. The molecule has 102 valence electrons. The van der Waals surface area contributed by atoms with Gasteiger partial charge in [0.2, 0.25) is 0 Å². The van der Waals surface area contributed by atoms with E-state index in [1.165, 1.54) is 22.4 Å². The summed E-state index contributed by atoms with van der Waals surface area (Å²) < 4.78 is 0. The minimum atomic E-state index is 0.452. The van der Waals surface area contributed by atoms with Crippen LogP contribution in [0.25, 0.3) is 0 Å². The largest absolute Gasteiger partial charge is 0.292 e. The molecule has 0 saturated carbocycles. The summed E-state index contributed by atoms with van der Waals surface area (Å²) in [6.45, 7) is 2.07. The molecule has 0 unspecified atom stereocenters. The van der Waals surface area contributed by atoms with E-state index in [-0.39, 0.29) is 0 Å². The van der Waals surface area contributed by atoms with E-state index in [0.29, 0.717) is 5.92 Å². The minimum absolute atomic E-state index is 0.452. The molecule has 2 aromatic rings. The van der Waals surface area contributed by atoms with Gasteiger partial charge in [-0.1, -0.05) is 48.0 Å². The van der Waals surface area contributed by atoms with Crippen LogP contribution in [0.4, 0.5) is 0 Å². The lowest BCUT2D eigenvalue weighted by Crippen LogP contribution is -2.17. The van der Waals surface area contributed by atoms with Crippen molar-refractivity contribution in [2.75, 3.05) is 7.05 Å². The number of hydrogen-bond acceptors (Lipinski definition) is 1. The summed E-state index contributed by atoms with van der Waals surface area (Å²) in [6, 6.07) is 15.0. The first-order valence-electron chi connectivity index (χ1n) is 7.01. The molecule has 1 nitrogen and oxygen atoms in total. The summed E-state index contributed by atoms with van der Waals surface area (Å²) in [7, 11) is 1.89. The summed E-state index contributed by atoms with van der Waals surface area (Å²) >= 11 is 6.15. The van der Waals surface area contributed by atoms with Crippen molar-refractivity contribution in [3.8, 4) is 0 Å². The van der Waals surface area contributed by atoms with Crippen LogP contribution in [0.2, 0.25) is 5.02 Å². The van der Waals surface area contributed by atoms with Crippen LogP contribution in [-0.2, 0) is 0 Å². The topological polar surface area (TPSA) is 12.4 Å². The van der Waals surface area contributed by atoms with Gasteiger partial charge in [0.15, 0.2) is 0 Å². The molecule has 1 aliphatic carbocycles. The third kappa shape index (κ3) is 2.27. The third-order valence-corrected chi connectivity index (χ3v) is 4.60. The van der Waals surface area contributed by atoms with Crippen LogP contribution in [-0.4, -0.2) is 12.8 Å². The van der Waals surface area contributed by atoms with E-state index in [9.17, 15) is 0 Å². The van der Waals surface area contributed by atoms with Crippen LogP contribution in [0.15, 0.2) is 47.5 Å². The molecule has 2 heteroatoms. The van der Waals surface area contributed by atoms with Crippen LogP contribution in [0.5, 0.6) is 0 Å². The highest BCUT2D eigenvalue weighted by molar-refractivity contribution is 6.31. The van der Waals surface area contributed by atoms with E-state index in [1.54, 1.807) is 0 Å². The van der Waals surface area contributed by atoms with E-state index in [0.717, 1.165) is 23.4 Å². The molecule has 0 fully saturated rings. The smallest absolute Gasteiger partial charge is 0.0435 e. The zero-order valence-electron chi connectivity index (χ0n) is 11.9. The maximum absolute atomic E-state index is 6.15. The number of halogens is 1. The molecule has 2 aromatic carbocycles. The van der Waals surface area contributed by atoms with Crippen molar-refractivity contribution >= 4 is 17.3 Å². The van der Waals surface area contributed by atoms with Crippen molar-refractivity contribution < 1.29 is 0 Å². The lowest BCUT2D eigenvalue weighted by atomic mass is 9.78. The molecule has 0 bridgehead atoms. The second-order valence-electron chi connectivity index (χ2n) is 5.36. The molecule has 1 aliphatic rings. The average molecular weight is 284 g/mol. The van der Waals surface area contributed by atoms with Gasteiger partial charge in [-0.25, -0.2) is 0 Å². The van der Waals surface area contributed by atoms with Gasteiger partial charge in [0.05, 0.1) is 0 Å². The van der Waals surface area contributed by atoms with Gasteiger partial charge in [0.25, 0.3) is 0 Å². The molecule has 0 saturated heterocycles. The number of benzene rings is 2. The first-order valence-corrected chi connectivity index (χ1v) is 7.39. The Morgan fingerprint density at radius 3 is 2.70 bits per heavy atom. The minimum Gasteiger partial charge on any atom is -0.292 e. The Hall–Kier alpha value is -1.60. The molecule has 20 heavy (non-hydrogen) atoms. The fraction of sp³-hybridized carbons (Fsp3) is 0.278. The Balaban J connectivity index is 2.09. The molecule has 0 spiro atoms. The van der Waals surface area contributed by atoms with Crippen molar-refractivity contribution in [1.82, 2.24) is 0 Å². The highest BCUT2D eigenvalue weighted by Gasteiger charge is 2.25. The molecule has 0 N–H and O–H groups in total. The van der Waals surface area contributed by atoms with Crippen LogP contribution in [0, 0.1) is 6.92 Å². The van der Waals surface area contributed by atoms with E-state index in [2.05, 4.69) is 48.3 Å². The standard InChI is InChI=1S/C18H18ClN/c1-12-11-13(7-9-17(12)19)14-8-10-18(20-2)16-6-4-3-5-15(14)16/h3-7,9,11,14H,8,10H2,1-2H3/b20-18+/t14-/m0/s1. The van der Waals surface area contributed by atoms with Gasteiger partial charge in [-0.15, -0.1) is 0 Å². The predicted octanol–water partition coefficient (Wildman–Crippen LogP) is 4.99. The van der Waals surface area contributed by atoms with E-state index >= 15 is 0 Å². The van der Waals surface area contributed by atoms with Crippen LogP contribution in [0.3, 0.4) is 0 Å². The van der Waals surface area contributed by atoms with Gasteiger partial charge >= 0.3 is 0 Å². The number of rotatable bonds is 1. The molecule has 0 aromatic heterocycles. The van der Waals surface area contributed by atoms with Gasteiger partial charge in [-0.2, -0.15) is 0 Å². The average Bonchev–Trinajstić information content (AvgIpc) is 2.49. The fourth-order valence-corrected chi connectivity index (χ4v) is 3.22. The number of aryl methyl sites for hydroxylation is 1. The summed E-state index contributed by atoms with van der Waals surface area (Å²) in [5.74, 6) is 0.452. The zero-order valence-corrected chi connectivity index (χ0v) is 12.6. The Labute approximate surface area is 125 Å². The molecular formula is C18H18ClN. The number of fused-ring (bicyclic) bond motifs is 1. The Morgan fingerprint density at radius 2 is 1.95 bits per heavy atom. The first kappa shape index (κ1) is 13.4. The van der Waals surface area contributed by atoms with Crippen molar-refractivity contribution in [3.63, 3.8) is 0 Å². The second kappa shape index (κ2) is 5.41. The van der Waals surface area contributed by atoms with Crippen molar-refractivity contribution in [2.24, 2.45) is 4.99 Å². The van der Waals surface area contributed by atoms with Gasteiger partial charge in [-0.3, -0.25) is 4.99 Å². The van der Waals surface area contributed by atoms with Crippen LogP contribution < -0.4 is 0 Å². The summed E-state index contributed by atoms with van der Waals surface area (Å²) in [6.07, 6.45) is 2.16. The van der Waals surface area contributed by atoms with E-state index < -0.39 is 0 Å². The molecule has 0 aliphatic heterocycles. The zero-order chi connectivity index (χ0) is 14.1. The molecular weight excluding hydrogens is 266 g/mol.